The van der Waals surface area contributed by atoms with Gasteiger partial charge in [-0.2, -0.15) is 5.26 Å². The molecule has 112 valence electrons. The van der Waals surface area contributed by atoms with Crippen LogP contribution >= 0.6 is 0 Å². The topological polar surface area (TPSA) is 36.3 Å². The highest BCUT2D eigenvalue weighted by Crippen LogP contribution is 2.34. The van der Waals surface area contributed by atoms with Crippen LogP contribution in [0, 0.1) is 11.3 Å². The lowest BCUT2D eigenvalue weighted by molar-refractivity contribution is 0.248. The van der Waals surface area contributed by atoms with Gasteiger partial charge in [-0.25, -0.2) is 0 Å². The Morgan fingerprint density at radius 3 is 2.91 bits per heavy atom. The van der Waals surface area contributed by atoms with Crippen molar-refractivity contribution in [2.75, 3.05) is 13.7 Å². The molecule has 0 aliphatic carbocycles. The van der Waals surface area contributed by atoms with Gasteiger partial charge >= 0.3 is 0 Å². The lowest BCUT2D eigenvalue weighted by Crippen LogP contribution is -2.22. The number of likely N-dealkylation sites (tertiary alicyclic amines) is 1. The third-order valence-electron chi connectivity index (χ3n) is 4.28. The van der Waals surface area contributed by atoms with Crippen LogP contribution in [0.2, 0.25) is 0 Å². The SMILES string of the molecule is COc1cccc(C2CCCN2Cc2cccc(C#N)c2)c1. The van der Waals surface area contributed by atoms with E-state index in [0.29, 0.717) is 6.04 Å². The van der Waals surface area contributed by atoms with E-state index in [1.54, 1.807) is 7.11 Å². The van der Waals surface area contributed by atoms with Gasteiger partial charge in [-0.3, -0.25) is 4.90 Å². The van der Waals surface area contributed by atoms with E-state index in [-0.39, 0.29) is 0 Å². The number of methoxy groups -OCH3 is 1. The van der Waals surface area contributed by atoms with Crippen LogP contribution in [0.15, 0.2) is 48.5 Å². The predicted octanol–water partition coefficient (Wildman–Crippen LogP) is 3.90. The average molecular weight is 292 g/mol. The highest BCUT2D eigenvalue weighted by atomic mass is 16.5. The maximum absolute atomic E-state index is 9.03. The van der Waals surface area contributed by atoms with Crippen LogP contribution in [0.3, 0.4) is 0 Å². The molecule has 1 heterocycles. The number of hydrogen-bond acceptors (Lipinski definition) is 3. The zero-order chi connectivity index (χ0) is 15.4. The van der Waals surface area contributed by atoms with Crippen molar-refractivity contribution < 1.29 is 4.74 Å². The van der Waals surface area contributed by atoms with Crippen LogP contribution in [0.1, 0.15) is 35.6 Å². The fourth-order valence-electron chi connectivity index (χ4n) is 3.22. The summed E-state index contributed by atoms with van der Waals surface area (Å²) in [6, 6.07) is 18.9. The van der Waals surface area contributed by atoms with Gasteiger partial charge in [0, 0.05) is 12.6 Å². The van der Waals surface area contributed by atoms with Gasteiger partial charge in [0.1, 0.15) is 5.75 Å². The Morgan fingerprint density at radius 1 is 1.23 bits per heavy atom. The molecule has 1 atom stereocenters. The van der Waals surface area contributed by atoms with Crippen LogP contribution in [-0.2, 0) is 6.54 Å². The lowest BCUT2D eigenvalue weighted by atomic mass is 10.0. The average Bonchev–Trinajstić information content (AvgIpc) is 3.03. The van der Waals surface area contributed by atoms with Crippen molar-refractivity contribution in [2.24, 2.45) is 0 Å². The maximum Gasteiger partial charge on any atom is 0.119 e. The zero-order valence-corrected chi connectivity index (χ0v) is 12.8. The van der Waals surface area contributed by atoms with Gasteiger partial charge in [0.15, 0.2) is 0 Å². The molecule has 3 heteroatoms. The predicted molar refractivity (Wildman–Crippen MR) is 86.5 cm³/mol. The number of hydrogen-bond donors (Lipinski definition) is 0. The largest absolute Gasteiger partial charge is 0.497 e. The van der Waals surface area contributed by atoms with Gasteiger partial charge in [0.25, 0.3) is 0 Å². The number of rotatable bonds is 4. The molecule has 1 unspecified atom stereocenters. The summed E-state index contributed by atoms with van der Waals surface area (Å²) in [4.78, 5) is 2.49. The minimum absolute atomic E-state index is 0.431. The van der Waals surface area contributed by atoms with E-state index in [9.17, 15) is 0 Å². The van der Waals surface area contributed by atoms with Crippen LogP contribution < -0.4 is 4.74 Å². The molecule has 0 saturated carbocycles. The van der Waals surface area contributed by atoms with Crippen molar-refractivity contribution in [2.45, 2.75) is 25.4 Å². The lowest BCUT2D eigenvalue weighted by Gasteiger charge is -2.25. The van der Waals surface area contributed by atoms with Gasteiger partial charge in [-0.1, -0.05) is 24.3 Å². The van der Waals surface area contributed by atoms with Crippen molar-refractivity contribution in [3.63, 3.8) is 0 Å². The van der Waals surface area contributed by atoms with Gasteiger partial charge in [-0.15, -0.1) is 0 Å². The summed E-state index contributed by atoms with van der Waals surface area (Å²) in [5.41, 5.74) is 3.25. The monoisotopic (exact) mass is 292 g/mol. The van der Waals surface area contributed by atoms with Crippen molar-refractivity contribution in [1.29, 1.82) is 5.26 Å². The van der Waals surface area contributed by atoms with E-state index in [1.807, 2.05) is 24.3 Å². The Kier molecular flexibility index (Phi) is 4.41. The molecule has 1 aliphatic heterocycles. The van der Waals surface area contributed by atoms with E-state index >= 15 is 0 Å². The summed E-state index contributed by atoms with van der Waals surface area (Å²) >= 11 is 0. The van der Waals surface area contributed by atoms with Crippen LogP contribution in [-0.4, -0.2) is 18.6 Å². The molecule has 0 amide bonds. The molecule has 1 aliphatic rings. The highest BCUT2D eigenvalue weighted by molar-refractivity contribution is 5.34. The van der Waals surface area contributed by atoms with Gasteiger partial charge < -0.3 is 4.74 Å². The van der Waals surface area contributed by atoms with E-state index in [4.69, 9.17) is 10.00 Å². The fourth-order valence-corrected chi connectivity index (χ4v) is 3.22. The zero-order valence-electron chi connectivity index (χ0n) is 12.8. The summed E-state index contributed by atoms with van der Waals surface area (Å²) in [6.07, 6.45) is 2.38. The maximum atomic E-state index is 9.03. The first-order chi connectivity index (χ1) is 10.8. The summed E-state index contributed by atoms with van der Waals surface area (Å²) < 4.78 is 5.34. The first-order valence-electron chi connectivity index (χ1n) is 7.67. The van der Waals surface area contributed by atoms with E-state index in [1.165, 1.54) is 24.0 Å². The van der Waals surface area contributed by atoms with Crippen molar-refractivity contribution in [3.8, 4) is 11.8 Å². The van der Waals surface area contributed by atoms with Crippen molar-refractivity contribution in [1.82, 2.24) is 4.90 Å². The number of benzene rings is 2. The quantitative estimate of drug-likeness (QED) is 0.857. The van der Waals surface area contributed by atoms with Gasteiger partial charge in [0.2, 0.25) is 0 Å². The molecule has 0 spiro atoms. The molecule has 0 N–H and O–H groups in total. The summed E-state index contributed by atoms with van der Waals surface area (Å²) in [6.45, 7) is 1.98. The second-order valence-electron chi connectivity index (χ2n) is 5.72. The van der Waals surface area contributed by atoms with Crippen molar-refractivity contribution in [3.05, 3.63) is 65.2 Å². The van der Waals surface area contributed by atoms with Crippen LogP contribution in [0.5, 0.6) is 5.75 Å². The summed E-state index contributed by atoms with van der Waals surface area (Å²) in [7, 11) is 1.71. The van der Waals surface area contributed by atoms with Crippen LogP contribution in [0.25, 0.3) is 0 Å². The number of nitrogens with zero attached hydrogens (tertiary/aromatic N) is 2. The standard InChI is InChI=1S/C19H20N2O/c1-22-18-8-3-7-17(12-18)19-9-4-10-21(19)14-16-6-2-5-15(11-16)13-20/h2-3,5-8,11-12,19H,4,9-10,14H2,1H3. The fraction of sp³-hybridized carbons (Fsp3) is 0.316. The van der Waals surface area contributed by atoms with E-state index in [2.05, 4.69) is 35.2 Å². The molecule has 3 nitrogen and oxygen atoms in total. The molecule has 3 rings (SSSR count). The van der Waals surface area contributed by atoms with E-state index in [0.717, 1.165) is 24.4 Å². The molecule has 1 fully saturated rings. The molecular formula is C19H20N2O. The Bertz CT molecular complexity index is 690. The molecule has 0 aromatic heterocycles. The molecule has 22 heavy (non-hydrogen) atoms. The van der Waals surface area contributed by atoms with Gasteiger partial charge in [0.05, 0.1) is 18.7 Å². The molecule has 0 bridgehead atoms. The Labute approximate surface area is 131 Å². The minimum Gasteiger partial charge on any atom is -0.497 e. The number of nitriles is 1. The van der Waals surface area contributed by atoms with E-state index < -0.39 is 0 Å². The third-order valence-corrected chi connectivity index (χ3v) is 4.28. The third kappa shape index (κ3) is 3.13. The van der Waals surface area contributed by atoms with Crippen molar-refractivity contribution >= 4 is 0 Å². The Morgan fingerprint density at radius 2 is 2.09 bits per heavy atom. The number of ether oxygens (including phenoxy) is 1. The molecular weight excluding hydrogens is 272 g/mol. The smallest absolute Gasteiger partial charge is 0.119 e. The Balaban J connectivity index is 1.79. The minimum atomic E-state index is 0.431. The second kappa shape index (κ2) is 6.64. The summed E-state index contributed by atoms with van der Waals surface area (Å²) in [5.74, 6) is 0.913. The molecule has 0 radical (unpaired) electrons. The highest BCUT2D eigenvalue weighted by Gasteiger charge is 2.26. The molecule has 2 aromatic rings. The van der Waals surface area contributed by atoms with Crippen LogP contribution in [0.4, 0.5) is 0 Å². The normalized spacial score (nSPS) is 18.1. The van der Waals surface area contributed by atoms with Gasteiger partial charge in [-0.05, 0) is 54.8 Å². The first-order valence-corrected chi connectivity index (χ1v) is 7.67. The molecule has 2 aromatic carbocycles. The Hall–Kier alpha value is -2.31. The molecule has 1 saturated heterocycles. The first kappa shape index (κ1) is 14.6. The summed E-state index contributed by atoms with van der Waals surface area (Å²) in [5, 5.41) is 9.03. The second-order valence-corrected chi connectivity index (χ2v) is 5.72.